The highest BCUT2D eigenvalue weighted by molar-refractivity contribution is 6.75. The molecule has 0 saturated heterocycles. The topological polar surface area (TPSA) is 44.8 Å². The Bertz CT molecular complexity index is 1130. The third-order valence-corrected chi connectivity index (χ3v) is 15.7. The molecular formula is C30H42O4Si2. The van der Waals surface area contributed by atoms with Crippen LogP contribution in [-0.4, -0.2) is 29.2 Å². The Labute approximate surface area is 220 Å². The molecule has 0 spiro atoms. The van der Waals surface area contributed by atoms with Crippen LogP contribution in [0.4, 0.5) is 0 Å². The molecule has 0 aliphatic heterocycles. The number of carbonyl (C=O) groups is 1. The smallest absolute Gasteiger partial charge is 0.385 e. The fourth-order valence-electron chi connectivity index (χ4n) is 2.64. The molecule has 0 N–H and O–H groups in total. The fourth-order valence-corrected chi connectivity index (χ4v) is 4.68. The quantitative estimate of drug-likeness (QED) is 0.209. The molecule has 0 fully saturated rings. The summed E-state index contributed by atoms with van der Waals surface area (Å²) < 4.78 is 18.5. The molecule has 0 aliphatic rings. The van der Waals surface area contributed by atoms with Gasteiger partial charge in [-0.2, -0.15) is 0 Å². The molecule has 0 amide bonds. The Morgan fingerprint density at radius 2 is 1.39 bits per heavy atom. The minimum absolute atomic E-state index is 0.0278. The van der Waals surface area contributed by atoms with Crippen LogP contribution < -0.4 is 8.85 Å². The van der Waals surface area contributed by atoms with Crippen molar-refractivity contribution in [3.63, 3.8) is 0 Å². The third kappa shape index (κ3) is 8.42. The van der Waals surface area contributed by atoms with Gasteiger partial charge in [-0.15, -0.1) is 0 Å². The third-order valence-electron chi connectivity index (χ3n) is 7.02. The summed E-state index contributed by atoms with van der Waals surface area (Å²) in [6.07, 6.45) is 3.71. The number of ether oxygens (including phenoxy) is 1. The lowest BCUT2D eigenvalue weighted by Gasteiger charge is -2.39. The van der Waals surface area contributed by atoms with Crippen molar-refractivity contribution in [1.29, 1.82) is 0 Å². The zero-order chi connectivity index (χ0) is 27.2. The van der Waals surface area contributed by atoms with Crippen LogP contribution in [0.15, 0.2) is 54.6 Å². The van der Waals surface area contributed by atoms with E-state index in [1.54, 1.807) is 6.08 Å². The first-order chi connectivity index (χ1) is 16.5. The number of esters is 1. The van der Waals surface area contributed by atoms with E-state index in [9.17, 15) is 4.79 Å². The van der Waals surface area contributed by atoms with E-state index in [0.717, 1.165) is 11.3 Å². The molecule has 2 rings (SSSR count). The van der Waals surface area contributed by atoms with Crippen molar-refractivity contribution in [1.82, 2.24) is 0 Å². The van der Waals surface area contributed by atoms with Gasteiger partial charge in [0.15, 0.2) is 0 Å². The molecule has 2 aromatic carbocycles. The lowest BCUT2D eigenvalue weighted by atomic mass is 10.2. The number of benzene rings is 2. The van der Waals surface area contributed by atoms with Crippen LogP contribution >= 0.6 is 0 Å². The average molecular weight is 523 g/mol. The predicted molar refractivity (Wildman–Crippen MR) is 155 cm³/mol. The van der Waals surface area contributed by atoms with Crippen LogP contribution in [0.3, 0.4) is 0 Å². The van der Waals surface area contributed by atoms with E-state index in [4.69, 9.17) is 13.6 Å². The minimum Gasteiger partial charge on any atom is -0.541 e. The molecule has 6 heteroatoms. The van der Waals surface area contributed by atoms with Crippen LogP contribution in [-0.2, 0) is 9.53 Å². The van der Waals surface area contributed by atoms with Gasteiger partial charge in [0.05, 0.1) is 0 Å². The first kappa shape index (κ1) is 29.5. The Morgan fingerprint density at radius 3 is 1.94 bits per heavy atom. The molecule has 2 aromatic rings. The average Bonchev–Trinajstić information content (AvgIpc) is 2.75. The molecule has 0 unspecified atom stereocenters. The summed E-state index contributed by atoms with van der Waals surface area (Å²) in [6, 6.07) is 15.5. The summed E-state index contributed by atoms with van der Waals surface area (Å²) in [5, 5.41) is 0.0818. The summed E-state index contributed by atoms with van der Waals surface area (Å²) in [4.78, 5) is 12.2. The molecule has 0 aliphatic carbocycles. The van der Waals surface area contributed by atoms with E-state index in [1.807, 2.05) is 54.6 Å². The fraction of sp³-hybridized carbons (Fsp3) is 0.433. The predicted octanol–water partition coefficient (Wildman–Crippen LogP) is 8.06. The number of hydrogen-bond acceptors (Lipinski definition) is 4. The van der Waals surface area contributed by atoms with Gasteiger partial charge in [0.2, 0.25) is 0 Å². The van der Waals surface area contributed by atoms with Crippen molar-refractivity contribution in [2.24, 2.45) is 0 Å². The van der Waals surface area contributed by atoms with Crippen molar-refractivity contribution in [3.8, 4) is 23.3 Å². The van der Waals surface area contributed by atoms with E-state index < -0.39 is 22.6 Å². The summed E-state index contributed by atoms with van der Waals surface area (Å²) in [5.74, 6) is 6.38. The van der Waals surface area contributed by atoms with E-state index in [2.05, 4.69) is 79.6 Å². The SMILES string of the molecule is CC(C)(C)[Si](C)(C)Oc1ccc(C#CC(=O)OC/C=C/c2ccccc2)cc1O[Si](C)(C)C(C)(C)C. The highest BCUT2D eigenvalue weighted by Gasteiger charge is 2.42. The van der Waals surface area contributed by atoms with Crippen molar-refractivity contribution < 1.29 is 18.4 Å². The lowest BCUT2D eigenvalue weighted by Crippen LogP contribution is -2.45. The van der Waals surface area contributed by atoms with Crippen LogP contribution in [0, 0.1) is 11.8 Å². The first-order valence-electron chi connectivity index (χ1n) is 12.4. The van der Waals surface area contributed by atoms with Gasteiger partial charge in [-0.3, -0.25) is 0 Å². The van der Waals surface area contributed by atoms with Gasteiger partial charge in [-0.05, 0) is 66.1 Å². The van der Waals surface area contributed by atoms with Crippen LogP contribution in [0.5, 0.6) is 11.5 Å². The van der Waals surface area contributed by atoms with Gasteiger partial charge in [0, 0.05) is 11.5 Å². The molecule has 4 nitrogen and oxygen atoms in total. The first-order valence-corrected chi connectivity index (χ1v) is 18.3. The van der Waals surface area contributed by atoms with E-state index in [0.29, 0.717) is 11.3 Å². The zero-order valence-corrected chi connectivity index (χ0v) is 25.6. The molecule has 0 bridgehead atoms. The molecular weight excluding hydrogens is 480 g/mol. The van der Waals surface area contributed by atoms with E-state index in [1.165, 1.54) is 0 Å². The van der Waals surface area contributed by atoms with Crippen molar-refractivity contribution in [3.05, 3.63) is 65.7 Å². The molecule has 0 aromatic heterocycles. The van der Waals surface area contributed by atoms with Crippen molar-refractivity contribution in [2.75, 3.05) is 6.61 Å². The van der Waals surface area contributed by atoms with Gasteiger partial charge in [0.25, 0.3) is 16.6 Å². The second kappa shape index (κ2) is 11.5. The van der Waals surface area contributed by atoms with E-state index in [-0.39, 0.29) is 16.7 Å². The van der Waals surface area contributed by atoms with Crippen molar-refractivity contribution in [2.45, 2.75) is 77.8 Å². The second-order valence-electron chi connectivity index (χ2n) is 12.0. The summed E-state index contributed by atoms with van der Waals surface area (Å²) in [5.41, 5.74) is 1.73. The molecule has 0 radical (unpaired) electrons. The number of carbonyl (C=O) groups excluding carboxylic acids is 1. The Morgan fingerprint density at radius 1 is 0.833 bits per heavy atom. The Balaban J connectivity index is 2.23. The van der Waals surface area contributed by atoms with Crippen LogP contribution in [0.2, 0.25) is 36.3 Å². The highest BCUT2D eigenvalue weighted by atomic mass is 28.4. The standard InChI is InChI=1S/C30H42O4Si2/c1-29(2,3)35(7,8)33-26-20-18-25(23-27(26)34-36(9,10)30(4,5)6)19-21-28(31)32-22-14-17-24-15-12-11-13-16-24/h11-18,20,23H,22H2,1-10H3/b17-14+. The second-order valence-corrected chi connectivity index (χ2v) is 21.5. The molecule has 36 heavy (non-hydrogen) atoms. The van der Waals surface area contributed by atoms with Gasteiger partial charge in [-0.25, -0.2) is 4.79 Å². The summed E-state index contributed by atoms with van der Waals surface area (Å²) >= 11 is 0. The maximum atomic E-state index is 12.2. The lowest BCUT2D eigenvalue weighted by molar-refractivity contribution is -0.135. The Kier molecular flexibility index (Phi) is 9.44. The van der Waals surface area contributed by atoms with Gasteiger partial charge >= 0.3 is 5.97 Å². The molecule has 0 atom stereocenters. The summed E-state index contributed by atoms with van der Waals surface area (Å²) in [6.45, 7) is 22.3. The molecule has 0 heterocycles. The maximum Gasteiger partial charge on any atom is 0.385 e. The monoisotopic (exact) mass is 522 g/mol. The number of hydrogen-bond donors (Lipinski definition) is 0. The largest absolute Gasteiger partial charge is 0.541 e. The normalized spacial score (nSPS) is 12.6. The summed E-state index contributed by atoms with van der Waals surface area (Å²) in [7, 11) is -4.20. The minimum atomic E-state index is -2.13. The molecule has 194 valence electrons. The van der Waals surface area contributed by atoms with Gasteiger partial charge in [0.1, 0.15) is 18.1 Å². The van der Waals surface area contributed by atoms with Gasteiger partial charge < -0.3 is 13.6 Å². The maximum absolute atomic E-state index is 12.2. The van der Waals surface area contributed by atoms with Crippen LogP contribution in [0.25, 0.3) is 6.08 Å². The zero-order valence-electron chi connectivity index (χ0n) is 23.6. The van der Waals surface area contributed by atoms with Gasteiger partial charge in [-0.1, -0.05) is 83.9 Å². The Hall–Kier alpha value is -2.76. The van der Waals surface area contributed by atoms with Crippen LogP contribution in [0.1, 0.15) is 52.7 Å². The molecule has 0 saturated carbocycles. The van der Waals surface area contributed by atoms with E-state index >= 15 is 0 Å². The highest BCUT2D eigenvalue weighted by Crippen LogP contribution is 2.43. The van der Waals surface area contributed by atoms with Crippen molar-refractivity contribution >= 4 is 28.7 Å². The number of rotatable bonds is 7.